The van der Waals surface area contributed by atoms with Crippen LogP contribution in [-0.2, 0) is 29.6 Å². The molecule has 1 heterocycles. The van der Waals surface area contributed by atoms with Crippen molar-refractivity contribution in [2.24, 2.45) is 7.05 Å². The number of amides is 2. The Kier molecular flexibility index (Phi) is 7.53. The predicted molar refractivity (Wildman–Crippen MR) is 106 cm³/mol. The molecule has 6 nitrogen and oxygen atoms in total. The molecule has 146 valence electrons. The zero-order valence-electron chi connectivity index (χ0n) is 15.2. The van der Waals surface area contributed by atoms with Crippen LogP contribution in [0.2, 0.25) is 10.0 Å². The molecule has 2 rings (SSSR count). The van der Waals surface area contributed by atoms with E-state index in [-0.39, 0.29) is 18.4 Å². The van der Waals surface area contributed by atoms with Gasteiger partial charge in [0.2, 0.25) is 5.91 Å². The van der Waals surface area contributed by atoms with Crippen molar-refractivity contribution < 1.29 is 14.3 Å². The minimum absolute atomic E-state index is 0.0755. The first-order valence-electron chi connectivity index (χ1n) is 8.23. The van der Waals surface area contributed by atoms with E-state index in [2.05, 4.69) is 4.98 Å². The highest BCUT2D eigenvalue weighted by molar-refractivity contribution is 6.34. The number of alkyl carbamates (subject to hydrolysis) is 1. The van der Waals surface area contributed by atoms with Crippen LogP contribution in [0.15, 0.2) is 18.2 Å². The van der Waals surface area contributed by atoms with E-state index in [1.807, 2.05) is 42.9 Å². The molecule has 0 saturated carbocycles. The van der Waals surface area contributed by atoms with Crippen LogP contribution in [0.1, 0.15) is 42.5 Å². The van der Waals surface area contributed by atoms with E-state index in [0.717, 1.165) is 17.0 Å². The van der Waals surface area contributed by atoms with Crippen molar-refractivity contribution in [3.63, 3.8) is 0 Å². The highest BCUT2D eigenvalue weighted by atomic mass is 35.5. The normalized spacial score (nSPS) is 10.9. The molecular formula is C18H20Cl3N3O3. The van der Waals surface area contributed by atoms with E-state index in [9.17, 15) is 9.59 Å². The highest BCUT2D eigenvalue weighted by Crippen LogP contribution is 2.26. The Balaban J connectivity index is 2.22. The molecule has 1 aromatic carbocycles. The summed E-state index contributed by atoms with van der Waals surface area (Å²) in [6.45, 7) is 3.99. The molecular weight excluding hydrogens is 413 g/mol. The van der Waals surface area contributed by atoms with Gasteiger partial charge in [0.05, 0.1) is 5.69 Å². The monoisotopic (exact) mass is 431 g/mol. The standard InChI is InChI=1S/C18H20Cl3N3O3/c1-10(2)17-14(6-11-4-12(20)7-13(21)5-11)24(3)15(22-17)9-27-18(26)23-16(25)8-19/h4-5,7,10H,6,8-9H2,1-3H3,(H,23,25,26). The molecule has 0 spiro atoms. The second kappa shape index (κ2) is 9.44. The van der Waals surface area contributed by atoms with Crippen LogP contribution in [0.5, 0.6) is 0 Å². The van der Waals surface area contributed by atoms with Crippen LogP contribution >= 0.6 is 34.8 Å². The summed E-state index contributed by atoms with van der Waals surface area (Å²) in [5.41, 5.74) is 2.82. The Morgan fingerprint density at radius 1 is 1.22 bits per heavy atom. The minimum Gasteiger partial charge on any atom is -0.441 e. The van der Waals surface area contributed by atoms with Crippen LogP contribution in [0.4, 0.5) is 4.79 Å². The molecule has 0 bridgehead atoms. The molecule has 0 atom stereocenters. The summed E-state index contributed by atoms with van der Waals surface area (Å²) in [6.07, 6.45) is -0.285. The number of imidazole rings is 1. The third-order valence-electron chi connectivity index (χ3n) is 3.87. The molecule has 0 aliphatic carbocycles. The SMILES string of the molecule is CC(C)c1nc(COC(=O)NC(=O)CCl)n(C)c1Cc1cc(Cl)cc(Cl)c1. The molecule has 1 aromatic heterocycles. The van der Waals surface area contributed by atoms with Crippen molar-refractivity contribution in [1.29, 1.82) is 0 Å². The first-order valence-corrected chi connectivity index (χ1v) is 9.52. The van der Waals surface area contributed by atoms with Gasteiger partial charge in [-0.25, -0.2) is 9.78 Å². The maximum atomic E-state index is 11.6. The van der Waals surface area contributed by atoms with E-state index in [0.29, 0.717) is 22.3 Å². The van der Waals surface area contributed by atoms with Gasteiger partial charge in [-0.1, -0.05) is 37.0 Å². The Labute approximate surface area is 172 Å². The van der Waals surface area contributed by atoms with Crippen molar-refractivity contribution in [2.45, 2.75) is 32.8 Å². The van der Waals surface area contributed by atoms with Crippen LogP contribution in [-0.4, -0.2) is 27.4 Å². The fourth-order valence-corrected chi connectivity index (χ4v) is 3.26. The number of carbonyl (C=O) groups excluding carboxylic acids is 2. The molecule has 2 amide bonds. The van der Waals surface area contributed by atoms with E-state index in [4.69, 9.17) is 39.5 Å². The zero-order valence-corrected chi connectivity index (χ0v) is 17.5. The second-order valence-electron chi connectivity index (χ2n) is 6.29. The number of hydrogen-bond acceptors (Lipinski definition) is 4. The van der Waals surface area contributed by atoms with E-state index in [1.165, 1.54) is 0 Å². The molecule has 0 aliphatic rings. The molecule has 9 heteroatoms. The summed E-state index contributed by atoms with van der Waals surface area (Å²) < 4.78 is 6.94. The van der Waals surface area contributed by atoms with E-state index >= 15 is 0 Å². The molecule has 0 unspecified atom stereocenters. The number of aromatic nitrogens is 2. The molecule has 0 radical (unpaired) electrons. The van der Waals surface area contributed by atoms with Gasteiger partial charge in [-0.15, -0.1) is 11.6 Å². The van der Waals surface area contributed by atoms with Crippen LogP contribution < -0.4 is 5.32 Å². The first-order chi connectivity index (χ1) is 12.7. The molecule has 0 fully saturated rings. The van der Waals surface area contributed by atoms with Gasteiger partial charge in [-0.05, 0) is 29.7 Å². The molecule has 0 saturated heterocycles. The van der Waals surface area contributed by atoms with Gasteiger partial charge < -0.3 is 9.30 Å². The lowest BCUT2D eigenvalue weighted by Gasteiger charge is -2.10. The maximum absolute atomic E-state index is 11.6. The number of nitrogens with one attached hydrogen (secondary N) is 1. The maximum Gasteiger partial charge on any atom is 0.414 e. The van der Waals surface area contributed by atoms with Crippen molar-refractivity contribution in [1.82, 2.24) is 14.9 Å². The van der Waals surface area contributed by atoms with E-state index < -0.39 is 12.0 Å². The molecule has 0 aliphatic heterocycles. The number of benzene rings is 1. The summed E-state index contributed by atoms with van der Waals surface area (Å²) in [5, 5.41) is 3.15. The van der Waals surface area contributed by atoms with Gasteiger partial charge in [0.1, 0.15) is 11.7 Å². The van der Waals surface area contributed by atoms with Crippen molar-refractivity contribution in [3.05, 3.63) is 51.0 Å². The number of carbonyl (C=O) groups is 2. The van der Waals surface area contributed by atoms with Crippen LogP contribution in [0.25, 0.3) is 0 Å². The highest BCUT2D eigenvalue weighted by Gasteiger charge is 2.19. The van der Waals surface area contributed by atoms with Gasteiger partial charge in [0, 0.05) is 29.2 Å². The summed E-state index contributed by atoms with van der Waals surface area (Å²) in [6, 6.07) is 5.39. The third-order valence-corrected chi connectivity index (χ3v) is 4.55. The fraction of sp³-hybridized carbons (Fsp3) is 0.389. The first kappa shape index (κ1) is 21.5. The van der Waals surface area contributed by atoms with E-state index in [1.54, 1.807) is 6.07 Å². The van der Waals surface area contributed by atoms with Crippen LogP contribution in [0.3, 0.4) is 0 Å². The van der Waals surface area contributed by atoms with Crippen molar-refractivity contribution >= 4 is 46.8 Å². The second-order valence-corrected chi connectivity index (χ2v) is 7.43. The lowest BCUT2D eigenvalue weighted by molar-refractivity contribution is -0.118. The summed E-state index contributed by atoms with van der Waals surface area (Å²) in [7, 11) is 1.85. The minimum atomic E-state index is -0.863. The topological polar surface area (TPSA) is 73.2 Å². The van der Waals surface area contributed by atoms with Crippen molar-refractivity contribution in [2.75, 3.05) is 5.88 Å². The molecule has 2 aromatic rings. The lowest BCUT2D eigenvalue weighted by Crippen LogP contribution is -2.31. The zero-order chi connectivity index (χ0) is 20.1. The summed E-state index contributed by atoms with van der Waals surface area (Å²) >= 11 is 17.5. The number of rotatable bonds is 6. The Morgan fingerprint density at radius 3 is 2.41 bits per heavy atom. The average Bonchev–Trinajstić information content (AvgIpc) is 2.88. The number of ether oxygens (including phenoxy) is 1. The van der Waals surface area contributed by atoms with Gasteiger partial charge in [-0.2, -0.15) is 0 Å². The van der Waals surface area contributed by atoms with Gasteiger partial charge in [0.25, 0.3) is 0 Å². The van der Waals surface area contributed by atoms with Crippen molar-refractivity contribution in [3.8, 4) is 0 Å². The molecule has 1 N–H and O–H groups in total. The number of alkyl halides is 1. The average molecular weight is 433 g/mol. The predicted octanol–water partition coefficient (Wildman–Crippen LogP) is 4.43. The van der Waals surface area contributed by atoms with Gasteiger partial charge >= 0.3 is 6.09 Å². The summed E-state index contributed by atoms with van der Waals surface area (Å²) in [4.78, 5) is 27.3. The lowest BCUT2D eigenvalue weighted by atomic mass is 10.0. The number of halogens is 3. The number of imide groups is 1. The van der Waals surface area contributed by atoms with Gasteiger partial charge in [-0.3, -0.25) is 10.1 Å². The fourth-order valence-electron chi connectivity index (χ4n) is 2.63. The smallest absolute Gasteiger partial charge is 0.414 e. The summed E-state index contributed by atoms with van der Waals surface area (Å²) in [5.74, 6) is -0.208. The third kappa shape index (κ3) is 5.86. The Hall–Kier alpha value is -1.76. The molecule has 27 heavy (non-hydrogen) atoms. The quantitative estimate of drug-likeness (QED) is 0.685. The largest absolute Gasteiger partial charge is 0.441 e. The number of hydrogen-bond donors (Lipinski definition) is 1. The van der Waals surface area contributed by atoms with Gasteiger partial charge in [0.15, 0.2) is 6.61 Å². The number of nitrogens with zero attached hydrogens (tertiary/aromatic N) is 2. The Morgan fingerprint density at radius 2 is 1.85 bits per heavy atom. The van der Waals surface area contributed by atoms with Crippen LogP contribution in [0, 0.1) is 0 Å². The Bertz CT molecular complexity index is 830.